The van der Waals surface area contributed by atoms with Gasteiger partial charge in [0.2, 0.25) is 0 Å². The van der Waals surface area contributed by atoms with Crippen molar-refractivity contribution in [1.82, 2.24) is 15.0 Å². The van der Waals surface area contributed by atoms with Crippen molar-refractivity contribution in [3.63, 3.8) is 0 Å². The van der Waals surface area contributed by atoms with Crippen LogP contribution in [0.1, 0.15) is 30.4 Å². The van der Waals surface area contributed by atoms with Crippen LogP contribution in [0, 0.1) is 0 Å². The fraction of sp³-hybridized carbons (Fsp3) is 0.357. The number of nitrogens with two attached hydrogens (primary N) is 1. The fourth-order valence-corrected chi connectivity index (χ4v) is 2.99. The van der Waals surface area contributed by atoms with Crippen LogP contribution >= 0.6 is 23.4 Å². The second-order valence-corrected chi connectivity index (χ2v) is 6.13. The average molecular weight is 325 g/mol. The summed E-state index contributed by atoms with van der Waals surface area (Å²) in [6.07, 6.45) is 2.63. The lowest BCUT2D eigenvalue weighted by atomic mass is 10.1. The third-order valence-electron chi connectivity index (χ3n) is 2.96. The summed E-state index contributed by atoms with van der Waals surface area (Å²) in [6.45, 7) is 4.12. The number of hydrogen-bond acceptors (Lipinski definition) is 6. The third-order valence-corrected chi connectivity index (χ3v) is 4.15. The molecule has 0 aliphatic carbocycles. The van der Waals surface area contributed by atoms with Crippen molar-refractivity contribution in [2.45, 2.75) is 30.7 Å². The minimum Gasteiger partial charge on any atom is -0.495 e. The summed E-state index contributed by atoms with van der Waals surface area (Å²) >= 11 is 7.36. The summed E-state index contributed by atoms with van der Waals surface area (Å²) in [4.78, 5) is 12.8. The number of nitrogen functional groups attached to an aromatic ring is 1. The minimum atomic E-state index is 0.0825. The number of anilines is 1. The molecule has 0 aliphatic rings. The Labute approximate surface area is 133 Å². The fourth-order valence-electron chi connectivity index (χ4n) is 1.87. The number of ether oxygens (including phenoxy) is 1. The maximum atomic E-state index is 5.89. The lowest BCUT2D eigenvalue weighted by Crippen LogP contribution is -2.00. The van der Waals surface area contributed by atoms with Crippen molar-refractivity contribution in [2.75, 3.05) is 12.8 Å². The van der Waals surface area contributed by atoms with Crippen molar-refractivity contribution in [3.8, 4) is 5.75 Å². The molecule has 5 nitrogen and oxygen atoms in total. The highest BCUT2D eigenvalue weighted by Gasteiger charge is 2.14. The van der Waals surface area contributed by atoms with Gasteiger partial charge in [-0.15, -0.1) is 0 Å². The Hall–Kier alpha value is -1.53. The number of nitrogens with zero attached hydrogens (tertiary/aromatic N) is 3. The van der Waals surface area contributed by atoms with Crippen molar-refractivity contribution < 1.29 is 4.74 Å². The SMILES string of the molecule is CCc1cc(C(C)Sc2nc(N)cc(Cl)n2)ncc1OC. The van der Waals surface area contributed by atoms with Gasteiger partial charge < -0.3 is 10.5 Å². The van der Waals surface area contributed by atoms with E-state index in [-0.39, 0.29) is 5.25 Å². The quantitative estimate of drug-likeness (QED) is 0.515. The second-order valence-electron chi connectivity index (χ2n) is 4.43. The first kappa shape index (κ1) is 15.9. The Bertz CT molecular complexity index is 618. The van der Waals surface area contributed by atoms with Gasteiger partial charge in [0.15, 0.2) is 5.16 Å². The maximum Gasteiger partial charge on any atom is 0.191 e. The highest BCUT2D eigenvalue weighted by atomic mass is 35.5. The Morgan fingerprint density at radius 1 is 1.38 bits per heavy atom. The van der Waals surface area contributed by atoms with E-state index in [1.807, 2.05) is 13.0 Å². The number of methoxy groups -OCH3 is 1. The van der Waals surface area contributed by atoms with Crippen LogP contribution in [-0.2, 0) is 6.42 Å². The zero-order valence-corrected chi connectivity index (χ0v) is 13.7. The van der Waals surface area contributed by atoms with E-state index < -0.39 is 0 Å². The summed E-state index contributed by atoms with van der Waals surface area (Å²) in [7, 11) is 1.65. The summed E-state index contributed by atoms with van der Waals surface area (Å²) < 4.78 is 5.29. The highest BCUT2D eigenvalue weighted by molar-refractivity contribution is 7.99. The number of rotatable bonds is 5. The first-order valence-corrected chi connectivity index (χ1v) is 7.78. The molecule has 0 aromatic carbocycles. The molecule has 21 heavy (non-hydrogen) atoms. The van der Waals surface area contributed by atoms with Crippen LogP contribution in [0.3, 0.4) is 0 Å². The number of hydrogen-bond donors (Lipinski definition) is 1. The van der Waals surface area contributed by atoms with Crippen LogP contribution in [0.25, 0.3) is 0 Å². The van der Waals surface area contributed by atoms with E-state index in [2.05, 4.69) is 21.9 Å². The van der Waals surface area contributed by atoms with Crippen molar-refractivity contribution in [2.24, 2.45) is 0 Å². The molecular weight excluding hydrogens is 308 g/mol. The maximum absolute atomic E-state index is 5.89. The zero-order valence-electron chi connectivity index (χ0n) is 12.1. The standard InChI is InChI=1S/C14H17ClN4OS/c1-4-9-5-10(17-7-11(9)20-3)8(2)21-14-18-12(15)6-13(16)19-14/h5-8H,4H2,1-3H3,(H2,16,18,19). The summed E-state index contributed by atoms with van der Waals surface area (Å²) in [6, 6.07) is 3.57. The van der Waals surface area contributed by atoms with Crippen LogP contribution < -0.4 is 10.5 Å². The molecule has 0 spiro atoms. The smallest absolute Gasteiger partial charge is 0.191 e. The van der Waals surface area contributed by atoms with E-state index in [1.165, 1.54) is 17.8 Å². The average Bonchev–Trinajstić information content (AvgIpc) is 2.45. The molecule has 1 atom stereocenters. The van der Waals surface area contributed by atoms with Gasteiger partial charge in [0.25, 0.3) is 0 Å². The van der Waals surface area contributed by atoms with E-state index in [1.54, 1.807) is 13.3 Å². The lowest BCUT2D eigenvalue weighted by molar-refractivity contribution is 0.407. The molecular formula is C14H17ClN4OS. The van der Waals surface area contributed by atoms with Gasteiger partial charge in [-0.2, -0.15) is 0 Å². The third kappa shape index (κ3) is 3.98. The molecule has 0 saturated carbocycles. The minimum absolute atomic E-state index is 0.0825. The van der Waals surface area contributed by atoms with Gasteiger partial charge in [-0.05, 0) is 25.0 Å². The Balaban J connectivity index is 2.21. The monoisotopic (exact) mass is 324 g/mol. The van der Waals surface area contributed by atoms with Crippen LogP contribution in [0.5, 0.6) is 5.75 Å². The molecule has 0 amide bonds. The largest absolute Gasteiger partial charge is 0.495 e. The molecule has 0 bridgehead atoms. The molecule has 2 rings (SSSR count). The Morgan fingerprint density at radius 3 is 2.76 bits per heavy atom. The zero-order chi connectivity index (χ0) is 15.4. The normalized spacial score (nSPS) is 12.2. The number of halogens is 1. The molecule has 0 aliphatic heterocycles. The van der Waals surface area contributed by atoms with Gasteiger partial charge in [0.05, 0.1) is 24.3 Å². The van der Waals surface area contributed by atoms with Crippen molar-refractivity contribution in [1.29, 1.82) is 0 Å². The molecule has 2 aromatic rings. The molecule has 7 heteroatoms. The lowest BCUT2D eigenvalue weighted by Gasteiger charge is -2.13. The molecule has 2 heterocycles. The van der Waals surface area contributed by atoms with Gasteiger partial charge in [-0.25, -0.2) is 9.97 Å². The van der Waals surface area contributed by atoms with Crippen LogP contribution in [0.4, 0.5) is 5.82 Å². The highest BCUT2D eigenvalue weighted by Crippen LogP contribution is 2.34. The first-order valence-electron chi connectivity index (χ1n) is 6.53. The number of aryl methyl sites for hydroxylation is 1. The molecule has 0 radical (unpaired) electrons. The predicted molar refractivity (Wildman–Crippen MR) is 85.9 cm³/mol. The molecule has 2 aromatic heterocycles. The van der Waals surface area contributed by atoms with E-state index in [0.29, 0.717) is 16.1 Å². The topological polar surface area (TPSA) is 73.9 Å². The van der Waals surface area contributed by atoms with Crippen LogP contribution in [0.15, 0.2) is 23.5 Å². The molecule has 0 saturated heterocycles. The summed E-state index contributed by atoms with van der Waals surface area (Å²) in [5.74, 6) is 1.17. The predicted octanol–water partition coefficient (Wildman–Crippen LogP) is 3.53. The molecule has 1 unspecified atom stereocenters. The number of aromatic nitrogens is 3. The molecule has 2 N–H and O–H groups in total. The summed E-state index contributed by atoms with van der Waals surface area (Å²) in [5, 5.41) is 0.969. The van der Waals surface area contributed by atoms with Crippen LogP contribution in [-0.4, -0.2) is 22.1 Å². The van der Waals surface area contributed by atoms with Gasteiger partial charge in [-0.3, -0.25) is 4.98 Å². The summed E-state index contributed by atoms with van der Waals surface area (Å²) in [5.41, 5.74) is 7.75. The Kier molecular flexibility index (Phi) is 5.25. The second kappa shape index (κ2) is 6.95. The van der Waals surface area contributed by atoms with E-state index in [4.69, 9.17) is 22.1 Å². The van der Waals surface area contributed by atoms with Gasteiger partial charge in [0.1, 0.15) is 16.7 Å². The first-order chi connectivity index (χ1) is 10.0. The molecule has 0 fully saturated rings. The number of pyridine rings is 1. The van der Waals surface area contributed by atoms with Crippen molar-refractivity contribution >= 4 is 29.2 Å². The van der Waals surface area contributed by atoms with E-state index >= 15 is 0 Å². The van der Waals surface area contributed by atoms with Gasteiger partial charge in [-0.1, -0.05) is 30.3 Å². The van der Waals surface area contributed by atoms with E-state index in [9.17, 15) is 0 Å². The van der Waals surface area contributed by atoms with Gasteiger partial charge >= 0.3 is 0 Å². The molecule has 112 valence electrons. The van der Waals surface area contributed by atoms with Gasteiger partial charge in [0, 0.05) is 6.07 Å². The van der Waals surface area contributed by atoms with E-state index in [0.717, 1.165) is 23.4 Å². The Morgan fingerprint density at radius 2 is 2.14 bits per heavy atom. The number of thioether (sulfide) groups is 1. The van der Waals surface area contributed by atoms with Crippen LogP contribution in [0.2, 0.25) is 5.15 Å². The van der Waals surface area contributed by atoms with Crippen molar-refractivity contribution in [3.05, 3.63) is 34.7 Å².